The zero-order valence-corrected chi connectivity index (χ0v) is 25.9. The molecule has 5 rings (SSSR count). The van der Waals surface area contributed by atoms with Crippen LogP contribution in [0.2, 0.25) is 0 Å². The van der Waals surface area contributed by atoms with Crippen molar-refractivity contribution in [3.05, 3.63) is 65.9 Å². The van der Waals surface area contributed by atoms with Crippen molar-refractivity contribution in [2.75, 3.05) is 46.4 Å². The van der Waals surface area contributed by atoms with Crippen LogP contribution in [0.4, 0.5) is 0 Å². The number of rotatable bonds is 12. The summed E-state index contributed by atoms with van der Waals surface area (Å²) in [4.78, 5) is 21.9. The maximum atomic E-state index is 13.4. The summed E-state index contributed by atoms with van der Waals surface area (Å²) in [7, 11) is 1.72. The summed E-state index contributed by atoms with van der Waals surface area (Å²) in [6.45, 7) is 6.52. The Hall–Kier alpha value is -2.27. The smallest absolute Gasteiger partial charge is 0.234 e. The summed E-state index contributed by atoms with van der Waals surface area (Å²) >= 11 is -0.438. The Morgan fingerprint density at radius 3 is 2.60 bits per heavy atom. The Bertz CT molecular complexity index is 1250. The van der Waals surface area contributed by atoms with E-state index in [2.05, 4.69) is 70.3 Å². The molecule has 7 nitrogen and oxygen atoms in total. The molecular formula is C32H44IN5O2. The van der Waals surface area contributed by atoms with Gasteiger partial charge in [-0.25, -0.2) is 3.11 Å². The van der Waals surface area contributed by atoms with Crippen LogP contribution >= 0.6 is 21.0 Å². The lowest BCUT2D eigenvalue weighted by molar-refractivity contribution is -0.123. The number of nitrogens with zero attached hydrogens (tertiary/aromatic N) is 3. The first-order valence-corrected chi connectivity index (χ1v) is 17.2. The SMILES string of the molecule is C=IN(Cc1ccccc1OC)C[C@@H](Cc1c[nH]c2ccccc12)NC(=O)CN1CCC(N2CCCCC2)CC1. The fraction of sp³-hybridized carbons (Fsp3) is 0.500. The van der Waals surface area contributed by atoms with E-state index in [1.807, 2.05) is 12.1 Å². The molecule has 1 aromatic heterocycles. The number of amides is 1. The van der Waals surface area contributed by atoms with Crippen LogP contribution in [0.5, 0.6) is 5.75 Å². The number of piperidine rings is 2. The van der Waals surface area contributed by atoms with Gasteiger partial charge in [-0.1, -0.05) is 47.3 Å². The Morgan fingerprint density at radius 2 is 1.82 bits per heavy atom. The third-order valence-corrected chi connectivity index (χ3v) is 10.2. The number of aromatic nitrogens is 1. The lowest BCUT2D eigenvalue weighted by Crippen LogP contribution is -2.50. The minimum Gasteiger partial charge on any atom is -0.496 e. The van der Waals surface area contributed by atoms with Gasteiger partial charge < -0.3 is 19.9 Å². The monoisotopic (exact) mass is 657 g/mol. The number of nitrogens with one attached hydrogen (secondary N) is 2. The van der Waals surface area contributed by atoms with E-state index in [4.69, 9.17) is 4.74 Å². The number of hydrogen-bond donors (Lipinski definition) is 2. The number of carbonyl (C=O) groups excluding carboxylic acids is 1. The van der Waals surface area contributed by atoms with Gasteiger partial charge in [-0.05, 0) is 83.9 Å². The maximum Gasteiger partial charge on any atom is 0.234 e. The van der Waals surface area contributed by atoms with E-state index in [1.54, 1.807) is 7.11 Å². The summed E-state index contributed by atoms with van der Waals surface area (Å²) in [5, 5.41) is 4.66. The van der Waals surface area contributed by atoms with Crippen molar-refractivity contribution in [2.24, 2.45) is 0 Å². The molecule has 3 heterocycles. The van der Waals surface area contributed by atoms with Gasteiger partial charge >= 0.3 is 0 Å². The van der Waals surface area contributed by atoms with Crippen LogP contribution in [0.15, 0.2) is 54.7 Å². The molecule has 1 amide bonds. The summed E-state index contributed by atoms with van der Waals surface area (Å²) in [5.74, 6) is 1.02. The number of methoxy groups -OCH3 is 1. The zero-order valence-electron chi connectivity index (χ0n) is 23.8. The van der Waals surface area contributed by atoms with Gasteiger partial charge in [-0.2, -0.15) is 0 Å². The highest BCUT2D eigenvalue weighted by molar-refractivity contribution is 14.2. The Balaban J connectivity index is 1.23. The van der Waals surface area contributed by atoms with E-state index in [-0.39, 0.29) is 11.9 Å². The van der Waals surface area contributed by atoms with E-state index < -0.39 is 21.0 Å². The molecule has 3 aromatic rings. The largest absolute Gasteiger partial charge is 0.496 e. The van der Waals surface area contributed by atoms with Crippen LogP contribution in [0.1, 0.15) is 43.2 Å². The maximum absolute atomic E-state index is 13.4. The number of carbonyl (C=O) groups is 1. The van der Waals surface area contributed by atoms with Crippen molar-refractivity contribution < 1.29 is 9.53 Å². The molecule has 2 aliphatic heterocycles. The predicted molar refractivity (Wildman–Crippen MR) is 173 cm³/mol. The summed E-state index contributed by atoms with van der Waals surface area (Å²) < 4.78 is 12.3. The molecule has 40 heavy (non-hydrogen) atoms. The van der Waals surface area contributed by atoms with Crippen molar-refractivity contribution in [3.8, 4) is 5.75 Å². The molecule has 0 saturated carbocycles. The van der Waals surface area contributed by atoms with E-state index in [1.165, 1.54) is 56.1 Å². The molecule has 2 fully saturated rings. The first kappa shape index (κ1) is 29.2. The number of hydrogen-bond acceptors (Lipinski definition) is 5. The van der Waals surface area contributed by atoms with E-state index in [0.717, 1.165) is 49.4 Å². The molecule has 216 valence electrons. The van der Waals surface area contributed by atoms with Crippen molar-refractivity contribution in [2.45, 2.75) is 57.2 Å². The van der Waals surface area contributed by atoms with Crippen LogP contribution in [0, 0.1) is 0 Å². The number of fused-ring (bicyclic) bond motifs is 1. The van der Waals surface area contributed by atoms with Gasteiger partial charge in [0.15, 0.2) is 0 Å². The van der Waals surface area contributed by atoms with E-state index >= 15 is 0 Å². The number of aromatic amines is 1. The summed E-state index contributed by atoms with van der Waals surface area (Å²) in [6, 6.07) is 17.3. The molecule has 0 spiro atoms. The quantitative estimate of drug-likeness (QED) is 0.213. The number of ether oxygens (including phenoxy) is 1. The van der Waals surface area contributed by atoms with Crippen molar-refractivity contribution in [3.63, 3.8) is 0 Å². The van der Waals surface area contributed by atoms with Crippen LogP contribution < -0.4 is 10.1 Å². The predicted octanol–water partition coefficient (Wildman–Crippen LogP) is 4.97. The lowest BCUT2D eigenvalue weighted by atomic mass is 10.00. The molecule has 0 unspecified atom stereocenters. The average Bonchev–Trinajstić information content (AvgIpc) is 3.40. The second-order valence-corrected chi connectivity index (χ2v) is 13.2. The number of H-pyrrole nitrogens is 1. The van der Waals surface area contributed by atoms with E-state index in [9.17, 15) is 4.79 Å². The van der Waals surface area contributed by atoms with Gasteiger partial charge in [-0.15, -0.1) is 0 Å². The highest BCUT2D eigenvalue weighted by atomic mass is 127. The number of halogens is 1. The third kappa shape index (κ3) is 7.72. The number of benzene rings is 2. The van der Waals surface area contributed by atoms with Gasteiger partial charge in [0.05, 0.1) is 13.7 Å². The lowest BCUT2D eigenvalue weighted by Gasteiger charge is -2.40. The molecular weight excluding hydrogens is 613 g/mol. The molecule has 0 bridgehead atoms. The van der Waals surface area contributed by atoms with Gasteiger partial charge in [0.1, 0.15) is 5.75 Å². The molecule has 2 aliphatic rings. The second-order valence-electron chi connectivity index (χ2n) is 11.2. The summed E-state index contributed by atoms with van der Waals surface area (Å²) in [5.41, 5.74) is 3.53. The molecule has 8 heteroatoms. The molecule has 2 N–H and O–H groups in total. The van der Waals surface area contributed by atoms with Crippen LogP contribution in [-0.4, -0.2) is 86.8 Å². The topological polar surface area (TPSA) is 63.8 Å². The standard InChI is InChI=1S/C32H44IN5O2/c1-33-38(22-25-10-4-7-13-31(25)40-2)23-27(20-26-21-34-30-12-6-5-11-29(26)30)35-32(39)24-36-18-14-28(15-19-36)37-16-8-3-9-17-37/h4-7,10-13,21,27-28,34H,1,3,8-9,14-20,22-24H2,2H3,(H,35,39)/t27-/m1/s1. The van der Waals surface area contributed by atoms with Gasteiger partial charge in [0, 0.05) is 60.9 Å². The van der Waals surface area contributed by atoms with Gasteiger partial charge in [0.2, 0.25) is 5.91 Å². The average molecular weight is 658 g/mol. The van der Waals surface area contributed by atoms with Crippen molar-refractivity contribution in [1.29, 1.82) is 0 Å². The second kappa shape index (κ2) is 14.6. The first-order valence-electron chi connectivity index (χ1n) is 14.7. The van der Waals surface area contributed by atoms with Crippen LogP contribution in [0.25, 0.3) is 10.9 Å². The molecule has 0 aliphatic carbocycles. The van der Waals surface area contributed by atoms with E-state index in [0.29, 0.717) is 12.6 Å². The van der Waals surface area contributed by atoms with Crippen molar-refractivity contribution in [1.82, 2.24) is 23.2 Å². The fourth-order valence-corrected chi connectivity index (χ4v) is 7.71. The number of para-hydroxylation sites is 2. The normalized spacial score (nSPS) is 18.2. The van der Waals surface area contributed by atoms with Gasteiger partial charge in [0.25, 0.3) is 0 Å². The molecule has 0 radical (unpaired) electrons. The Labute approximate surface area is 249 Å². The zero-order chi connectivity index (χ0) is 27.7. The molecule has 1 atom stereocenters. The summed E-state index contributed by atoms with van der Waals surface area (Å²) in [6.07, 6.45) is 9.27. The fourth-order valence-electron chi connectivity index (χ4n) is 6.34. The highest BCUT2D eigenvalue weighted by Gasteiger charge is 2.27. The Kier molecular flexibility index (Phi) is 10.6. The Morgan fingerprint density at radius 1 is 1.07 bits per heavy atom. The molecule has 2 aromatic carbocycles. The van der Waals surface area contributed by atoms with Gasteiger partial charge in [-0.3, -0.25) is 9.69 Å². The van der Waals surface area contributed by atoms with Crippen molar-refractivity contribution >= 4 is 42.3 Å². The highest BCUT2D eigenvalue weighted by Crippen LogP contribution is 2.25. The van der Waals surface area contributed by atoms with Crippen LogP contribution in [0.3, 0.4) is 0 Å². The first-order chi connectivity index (χ1) is 19.6. The molecule has 2 saturated heterocycles. The minimum atomic E-state index is -0.438. The number of likely N-dealkylation sites (tertiary alicyclic amines) is 2. The minimum absolute atomic E-state index is 0.00578. The van der Waals surface area contributed by atoms with Crippen LogP contribution in [-0.2, 0) is 17.8 Å². The third-order valence-electron chi connectivity index (χ3n) is 8.46.